The molecule has 2 amide bonds. The van der Waals surface area contributed by atoms with Crippen molar-refractivity contribution < 1.29 is 42.1 Å². The van der Waals surface area contributed by atoms with E-state index in [2.05, 4.69) is 10.6 Å². The molecule has 5 N–H and O–H groups in total. The number of carbonyl (C=O) groups excluding carboxylic acids is 3. The van der Waals surface area contributed by atoms with Gasteiger partial charge in [0.2, 0.25) is 11.8 Å². The summed E-state index contributed by atoms with van der Waals surface area (Å²) in [6, 6.07) is 1.63. The molecule has 12 heteroatoms. The van der Waals surface area contributed by atoms with Crippen molar-refractivity contribution in [1.29, 1.82) is 0 Å². The quantitative estimate of drug-likeness (QED) is 0.329. The SMILES string of the molecule is COc1ccc([C@H](NC(=O)[C@@H](N)CCC(=O)OC(C)(C)C)C(=O)N[C@@H](C(C)C)[C@H](O)C(F)(F)F)cc1. The van der Waals surface area contributed by atoms with E-state index < -0.39 is 59.7 Å². The molecule has 36 heavy (non-hydrogen) atoms. The van der Waals surface area contributed by atoms with E-state index in [9.17, 15) is 32.7 Å². The number of esters is 1. The Hall–Kier alpha value is -2.86. The van der Waals surface area contributed by atoms with Crippen molar-refractivity contribution in [2.75, 3.05) is 7.11 Å². The van der Waals surface area contributed by atoms with Crippen LogP contribution < -0.4 is 21.1 Å². The van der Waals surface area contributed by atoms with Gasteiger partial charge in [-0.2, -0.15) is 13.2 Å². The van der Waals surface area contributed by atoms with Crippen LogP contribution in [0.5, 0.6) is 5.75 Å². The number of methoxy groups -OCH3 is 1. The molecule has 204 valence electrons. The van der Waals surface area contributed by atoms with Gasteiger partial charge < -0.3 is 30.9 Å². The molecule has 0 aliphatic heterocycles. The smallest absolute Gasteiger partial charge is 0.416 e. The highest BCUT2D eigenvalue weighted by atomic mass is 19.4. The Bertz CT molecular complexity index is 885. The molecule has 4 atom stereocenters. The first-order valence-corrected chi connectivity index (χ1v) is 11.4. The summed E-state index contributed by atoms with van der Waals surface area (Å²) >= 11 is 0. The monoisotopic (exact) mass is 519 g/mol. The number of hydrogen-bond donors (Lipinski definition) is 4. The summed E-state index contributed by atoms with van der Waals surface area (Å²) in [5.41, 5.74) is 5.42. The van der Waals surface area contributed by atoms with Crippen molar-refractivity contribution in [1.82, 2.24) is 10.6 Å². The molecule has 0 aliphatic rings. The molecule has 0 bridgehead atoms. The lowest BCUT2D eigenvalue weighted by Crippen LogP contribution is -2.55. The van der Waals surface area contributed by atoms with Crippen LogP contribution in [0.1, 0.15) is 59.1 Å². The number of benzene rings is 1. The second-order valence-electron chi connectivity index (χ2n) is 9.71. The van der Waals surface area contributed by atoms with Crippen LogP contribution in [0.25, 0.3) is 0 Å². The van der Waals surface area contributed by atoms with E-state index in [4.69, 9.17) is 15.2 Å². The Morgan fingerprint density at radius 1 is 1.03 bits per heavy atom. The topological polar surface area (TPSA) is 140 Å². The van der Waals surface area contributed by atoms with E-state index in [0.717, 1.165) is 0 Å². The van der Waals surface area contributed by atoms with Gasteiger partial charge in [-0.05, 0) is 50.8 Å². The zero-order chi connectivity index (χ0) is 27.8. The van der Waals surface area contributed by atoms with E-state index in [1.807, 2.05) is 0 Å². The summed E-state index contributed by atoms with van der Waals surface area (Å²) in [4.78, 5) is 37.7. The summed E-state index contributed by atoms with van der Waals surface area (Å²) in [5, 5.41) is 14.4. The van der Waals surface area contributed by atoms with E-state index >= 15 is 0 Å². The van der Waals surface area contributed by atoms with E-state index in [-0.39, 0.29) is 18.4 Å². The minimum atomic E-state index is -4.97. The number of nitrogens with two attached hydrogens (primary N) is 1. The lowest BCUT2D eigenvalue weighted by Gasteiger charge is -2.31. The third-order valence-corrected chi connectivity index (χ3v) is 5.12. The molecule has 0 saturated heterocycles. The number of hydrogen-bond acceptors (Lipinski definition) is 7. The second kappa shape index (κ2) is 12.9. The third kappa shape index (κ3) is 10.0. The molecule has 0 unspecified atom stereocenters. The average molecular weight is 520 g/mol. The van der Waals surface area contributed by atoms with Gasteiger partial charge in [0.05, 0.1) is 19.2 Å². The first-order valence-electron chi connectivity index (χ1n) is 11.4. The molecule has 0 saturated carbocycles. The third-order valence-electron chi connectivity index (χ3n) is 5.12. The summed E-state index contributed by atoms with van der Waals surface area (Å²) < 4.78 is 49.7. The van der Waals surface area contributed by atoms with Crippen LogP contribution in [-0.2, 0) is 19.1 Å². The molecule has 0 heterocycles. The molecule has 1 aromatic carbocycles. The Morgan fingerprint density at radius 3 is 2.03 bits per heavy atom. The molecule has 0 aromatic heterocycles. The van der Waals surface area contributed by atoms with Crippen LogP contribution in [0.15, 0.2) is 24.3 Å². The minimum Gasteiger partial charge on any atom is -0.497 e. The highest BCUT2D eigenvalue weighted by Crippen LogP contribution is 2.26. The average Bonchev–Trinajstić information content (AvgIpc) is 2.76. The predicted octanol–water partition coefficient (Wildman–Crippen LogP) is 2.37. The minimum absolute atomic E-state index is 0.0842. The fourth-order valence-corrected chi connectivity index (χ4v) is 3.20. The van der Waals surface area contributed by atoms with Gasteiger partial charge in [0.1, 0.15) is 17.4 Å². The number of alkyl halides is 3. The van der Waals surface area contributed by atoms with Crippen LogP contribution in [0.4, 0.5) is 13.2 Å². The molecule has 0 radical (unpaired) electrons. The van der Waals surface area contributed by atoms with Crippen LogP contribution in [0, 0.1) is 5.92 Å². The number of aliphatic hydroxyl groups is 1. The Kier molecular flexibility index (Phi) is 11.2. The van der Waals surface area contributed by atoms with Gasteiger partial charge in [-0.1, -0.05) is 26.0 Å². The van der Waals surface area contributed by atoms with Gasteiger partial charge in [-0.3, -0.25) is 14.4 Å². The van der Waals surface area contributed by atoms with Crippen LogP contribution in [0.3, 0.4) is 0 Å². The van der Waals surface area contributed by atoms with Gasteiger partial charge in [0.25, 0.3) is 0 Å². The van der Waals surface area contributed by atoms with Gasteiger partial charge in [-0.15, -0.1) is 0 Å². The van der Waals surface area contributed by atoms with Crippen molar-refractivity contribution >= 4 is 17.8 Å². The van der Waals surface area contributed by atoms with Gasteiger partial charge in [0, 0.05) is 6.42 Å². The lowest BCUT2D eigenvalue weighted by atomic mass is 9.96. The number of aliphatic hydroxyl groups excluding tert-OH is 1. The number of rotatable bonds is 11. The molecular formula is C24H36F3N3O6. The number of carbonyl (C=O) groups is 3. The summed E-state index contributed by atoms with van der Waals surface area (Å²) in [6.07, 6.45) is -8.02. The van der Waals surface area contributed by atoms with Gasteiger partial charge in [0.15, 0.2) is 6.10 Å². The summed E-state index contributed by atoms with van der Waals surface area (Å²) in [7, 11) is 1.43. The van der Waals surface area contributed by atoms with E-state index in [0.29, 0.717) is 5.75 Å². The summed E-state index contributed by atoms with van der Waals surface area (Å²) in [5.74, 6) is -2.67. The van der Waals surface area contributed by atoms with Gasteiger partial charge in [-0.25, -0.2) is 0 Å². The maximum atomic E-state index is 13.1. The Labute approximate surface area is 208 Å². The number of nitrogens with one attached hydrogen (secondary N) is 2. The molecule has 0 fully saturated rings. The predicted molar refractivity (Wildman–Crippen MR) is 126 cm³/mol. The molecular weight excluding hydrogens is 483 g/mol. The zero-order valence-electron chi connectivity index (χ0n) is 21.3. The van der Waals surface area contributed by atoms with Crippen LogP contribution in [0.2, 0.25) is 0 Å². The maximum absolute atomic E-state index is 13.1. The molecule has 1 aromatic rings. The van der Waals surface area contributed by atoms with Crippen molar-refractivity contribution in [2.45, 2.75) is 83.5 Å². The first kappa shape index (κ1) is 31.2. The van der Waals surface area contributed by atoms with Crippen molar-refractivity contribution in [2.24, 2.45) is 11.7 Å². The zero-order valence-corrected chi connectivity index (χ0v) is 21.3. The number of amides is 2. The maximum Gasteiger partial charge on any atom is 0.416 e. The fraction of sp³-hybridized carbons (Fsp3) is 0.625. The Balaban J connectivity index is 3.09. The number of ether oxygens (including phenoxy) is 2. The molecule has 0 spiro atoms. The highest BCUT2D eigenvalue weighted by molar-refractivity contribution is 5.91. The Morgan fingerprint density at radius 2 is 1.58 bits per heavy atom. The van der Waals surface area contributed by atoms with Crippen molar-refractivity contribution in [3.63, 3.8) is 0 Å². The summed E-state index contributed by atoms with van der Waals surface area (Å²) in [6.45, 7) is 7.89. The van der Waals surface area contributed by atoms with E-state index in [1.165, 1.54) is 45.2 Å². The standard InChI is InChI=1S/C24H36F3N3O6/c1-13(2)18(20(32)24(25,26)27)29-22(34)19(14-7-9-15(35-6)10-8-14)30-21(33)16(28)11-12-17(31)36-23(3,4)5/h7-10,13,16,18-20,32H,11-12,28H2,1-6H3,(H,29,34)(H,30,33)/t16-,18-,19-,20-/m0/s1. The second-order valence-corrected chi connectivity index (χ2v) is 9.71. The van der Waals surface area contributed by atoms with Crippen LogP contribution in [-0.4, -0.2) is 60.0 Å². The largest absolute Gasteiger partial charge is 0.497 e. The molecule has 0 aliphatic carbocycles. The number of halogens is 3. The first-order chi connectivity index (χ1) is 16.5. The van der Waals surface area contributed by atoms with Gasteiger partial charge >= 0.3 is 12.1 Å². The van der Waals surface area contributed by atoms with E-state index in [1.54, 1.807) is 20.8 Å². The van der Waals surface area contributed by atoms with Crippen LogP contribution >= 0.6 is 0 Å². The normalized spacial score (nSPS) is 15.4. The lowest BCUT2D eigenvalue weighted by molar-refractivity contribution is -0.215. The fourth-order valence-electron chi connectivity index (χ4n) is 3.20. The highest BCUT2D eigenvalue weighted by Gasteiger charge is 2.45. The van der Waals surface area contributed by atoms with Crippen molar-refractivity contribution in [3.05, 3.63) is 29.8 Å². The molecule has 9 nitrogen and oxygen atoms in total. The van der Waals surface area contributed by atoms with Crippen molar-refractivity contribution in [3.8, 4) is 5.75 Å². The molecule has 1 rings (SSSR count).